The summed E-state index contributed by atoms with van der Waals surface area (Å²) in [5.41, 5.74) is 14.7. The standard InChI is InChI=1S/C41H56N8O/c1-7-29(3)25-30(8-2)40-46-39(49-24-11-15-33(42)28-49)27-38(48(40)6)44-35-16-10-17-36(26-35)45-41(50)32-19-21-34(22-20-32)43-37(31-13-9-14-31)18-12-23-47(4)5/h10,12,16-22,25-27,33,43-44H,7-9,11,13-15,23-24,28,42H2,1-6H3,(H,45,50)/b18-12+,29-25?,40-30-. The van der Waals surface area contributed by atoms with Gasteiger partial charge in [0.2, 0.25) is 0 Å². The molecule has 9 nitrogen and oxygen atoms in total. The van der Waals surface area contributed by atoms with Gasteiger partial charge in [0.1, 0.15) is 17.5 Å². The lowest BCUT2D eigenvalue weighted by molar-refractivity contribution is 0.102. The second-order valence-electron chi connectivity index (χ2n) is 13.9. The van der Waals surface area contributed by atoms with Crippen LogP contribution in [0, 0.1) is 0 Å². The van der Waals surface area contributed by atoms with Gasteiger partial charge < -0.3 is 36.4 Å². The molecule has 1 unspecified atom stereocenters. The molecule has 0 spiro atoms. The first kappa shape index (κ1) is 36.7. The van der Waals surface area contributed by atoms with E-state index in [0.29, 0.717) is 11.3 Å². The fourth-order valence-electron chi connectivity index (χ4n) is 6.20. The first-order chi connectivity index (χ1) is 24.1. The number of likely N-dealkylation sites (N-methyl/N-ethyl adjacent to an activating group) is 1. The first-order valence-electron chi connectivity index (χ1n) is 18.2. The zero-order chi connectivity index (χ0) is 35.6. The molecule has 2 aromatic carbocycles. The van der Waals surface area contributed by atoms with Crippen LogP contribution in [0.2, 0.25) is 0 Å². The molecule has 50 heavy (non-hydrogen) atoms. The molecule has 2 aliphatic heterocycles. The molecule has 1 saturated heterocycles. The van der Waals surface area contributed by atoms with Crippen LogP contribution in [0.5, 0.6) is 0 Å². The van der Waals surface area contributed by atoms with E-state index in [9.17, 15) is 4.79 Å². The molecular formula is C41H56N8O. The van der Waals surface area contributed by atoms with Gasteiger partial charge in [-0.05, 0) is 126 Å². The average Bonchev–Trinajstić information content (AvgIpc) is 3.07. The van der Waals surface area contributed by atoms with Gasteiger partial charge in [-0.25, -0.2) is 4.99 Å². The van der Waals surface area contributed by atoms with Gasteiger partial charge in [0.05, 0.1) is 0 Å². The molecule has 0 radical (unpaired) electrons. The molecule has 0 aromatic heterocycles. The van der Waals surface area contributed by atoms with Gasteiger partial charge in [0, 0.05) is 67.1 Å². The summed E-state index contributed by atoms with van der Waals surface area (Å²) in [5.74, 6) is 2.62. The number of aliphatic imine (C=N–C) groups is 1. The van der Waals surface area contributed by atoms with Crippen LogP contribution in [0.4, 0.5) is 17.1 Å². The molecule has 1 amide bonds. The normalized spacial score (nSPS) is 19.2. The topological polar surface area (TPSA) is 101 Å². The van der Waals surface area contributed by atoms with Crippen molar-refractivity contribution in [1.29, 1.82) is 0 Å². The molecule has 0 bridgehead atoms. The quantitative estimate of drug-likeness (QED) is 0.181. The highest BCUT2D eigenvalue weighted by Gasteiger charge is 2.25. The minimum Gasteiger partial charge on any atom is -0.356 e. The monoisotopic (exact) mass is 676 g/mol. The van der Waals surface area contributed by atoms with Crippen LogP contribution in [0.1, 0.15) is 76.1 Å². The van der Waals surface area contributed by atoms with Crippen LogP contribution >= 0.6 is 0 Å². The van der Waals surface area contributed by atoms with E-state index in [0.717, 1.165) is 92.7 Å². The van der Waals surface area contributed by atoms with E-state index >= 15 is 0 Å². The third kappa shape index (κ3) is 9.76. The highest BCUT2D eigenvalue weighted by molar-refractivity contribution is 6.04. The minimum absolute atomic E-state index is 0.140. The van der Waals surface area contributed by atoms with Gasteiger partial charge in [-0.3, -0.25) is 4.79 Å². The molecule has 3 aliphatic rings. The van der Waals surface area contributed by atoms with Crippen molar-refractivity contribution in [1.82, 2.24) is 14.7 Å². The van der Waals surface area contributed by atoms with Gasteiger partial charge in [0.25, 0.3) is 5.91 Å². The molecule has 5 rings (SSSR count). The Labute approximate surface area is 299 Å². The van der Waals surface area contributed by atoms with Crippen LogP contribution in [0.15, 0.2) is 112 Å². The van der Waals surface area contributed by atoms with E-state index in [1.165, 1.54) is 23.1 Å². The minimum atomic E-state index is -0.155. The summed E-state index contributed by atoms with van der Waals surface area (Å²) in [6, 6.07) is 15.7. The van der Waals surface area contributed by atoms with Gasteiger partial charge >= 0.3 is 0 Å². The second kappa shape index (κ2) is 17.4. The zero-order valence-electron chi connectivity index (χ0n) is 30.9. The Morgan fingerprint density at radius 3 is 2.44 bits per heavy atom. The van der Waals surface area contributed by atoms with Crippen molar-refractivity contribution in [3.05, 3.63) is 112 Å². The number of carbonyl (C=O) groups is 1. The predicted octanol–water partition coefficient (Wildman–Crippen LogP) is 7.90. The van der Waals surface area contributed by atoms with Crippen molar-refractivity contribution in [2.45, 2.75) is 71.8 Å². The Balaban J connectivity index is 1.31. The number of nitrogens with two attached hydrogens (primary N) is 1. The summed E-state index contributed by atoms with van der Waals surface area (Å²) >= 11 is 0. The first-order valence-corrected chi connectivity index (χ1v) is 18.2. The van der Waals surface area contributed by atoms with E-state index in [-0.39, 0.29) is 11.9 Å². The number of nitrogens with one attached hydrogen (secondary N) is 3. The Morgan fingerprint density at radius 1 is 1.02 bits per heavy atom. The number of hydrogen-bond acceptors (Lipinski definition) is 8. The zero-order valence-corrected chi connectivity index (χ0v) is 30.9. The summed E-state index contributed by atoms with van der Waals surface area (Å²) in [4.78, 5) is 25.1. The highest BCUT2D eigenvalue weighted by Crippen LogP contribution is 2.31. The number of allylic oxidation sites excluding steroid dienone is 5. The molecule has 266 valence electrons. The number of anilines is 3. The van der Waals surface area contributed by atoms with E-state index < -0.39 is 0 Å². The fourth-order valence-corrected chi connectivity index (χ4v) is 6.20. The lowest BCUT2D eigenvalue weighted by Gasteiger charge is -2.36. The number of rotatable bonds is 12. The summed E-state index contributed by atoms with van der Waals surface area (Å²) in [7, 11) is 6.19. The molecule has 1 atom stereocenters. The molecule has 1 saturated carbocycles. The Kier molecular flexibility index (Phi) is 12.7. The summed E-state index contributed by atoms with van der Waals surface area (Å²) in [6.07, 6.45) is 16.2. The van der Waals surface area contributed by atoms with Gasteiger partial charge in [-0.2, -0.15) is 0 Å². The van der Waals surface area contributed by atoms with Crippen molar-refractivity contribution in [2.24, 2.45) is 10.7 Å². The molecular weight excluding hydrogens is 621 g/mol. The molecule has 2 heterocycles. The number of likely N-dealkylation sites (tertiary alicyclic amines) is 1. The molecule has 2 fully saturated rings. The number of piperidine rings is 1. The van der Waals surface area contributed by atoms with Gasteiger partial charge in [-0.1, -0.05) is 37.6 Å². The largest absolute Gasteiger partial charge is 0.356 e. The molecule has 5 N–H and O–H groups in total. The van der Waals surface area contributed by atoms with Crippen LogP contribution in [-0.4, -0.2) is 73.3 Å². The predicted molar refractivity (Wildman–Crippen MR) is 210 cm³/mol. The Bertz CT molecular complexity index is 1690. The lowest BCUT2D eigenvalue weighted by Crippen LogP contribution is -2.46. The van der Waals surface area contributed by atoms with Crippen molar-refractivity contribution in [2.75, 3.05) is 56.7 Å². The van der Waals surface area contributed by atoms with Gasteiger partial charge in [-0.15, -0.1) is 0 Å². The Morgan fingerprint density at radius 2 is 1.78 bits per heavy atom. The highest BCUT2D eigenvalue weighted by atomic mass is 16.1. The van der Waals surface area contributed by atoms with Crippen LogP contribution in [0.25, 0.3) is 0 Å². The summed E-state index contributed by atoms with van der Waals surface area (Å²) < 4.78 is 0. The third-order valence-corrected chi connectivity index (χ3v) is 9.51. The van der Waals surface area contributed by atoms with Crippen molar-refractivity contribution in [3.63, 3.8) is 0 Å². The SMILES string of the molecule is CCC(C)=C/C(CC)=C1/N=C(N2CCCC(N)C2)C=C(Nc2cccc(NC(=O)c3ccc(NC(/C=C/CN(C)C)=C4CCC4)cc3)c2)N1C. The third-order valence-electron chi connectivity index (χ3n) is 9.51. The molecule has 9 heteroatoms. The Hall–Kier alpha value is -4.60. The average molecular weight is 677 g/mol. The number of benzene rings is 2. The van der Waals surface area contributed by atoms with Crippen molar-refractivity contribution >= 4 is 28.8 Å². The summed E-state index contributed by atoms with van der Waals surface area (Å²) in [6.45, 7) is 9.14. The van der Waals surface area contributed by atoms with E-state index in [1.54, 1.807) is 0 Å². The number of carbonyl (C=O) groups excluding carboxylic acids is 1. The second-order valence-corrected chi connectivity index (χ2v) is 13.9. The number of amides is 1. The van der Waals surface area contributed by atoms with Crippen LogP contribution in [-0.2, 0) is 0 Å². The maximum Gasteiger partial charge on any atom is 0.255 e. The smallest absolute Gasteiger partial charge is 0.255 e. The van der Waals surface area contributed by atoms with Crippen molar-refractivity contribution in [3.8, 4) is 0 Å². The lowest BCUT2D eigenvalue weighted by atomic mass is 9.90. The maximum atomic E-state index is 13.3. The van der Waals surface area contributed by atoms with E-state index in [2.05, 4.69) is 96.9 Å². The van der Waals surface area contributed by atoms with Crippen molar-refractivity contribution < 1.29 is 4.79 Å². The maximum absolute atomic E-state index is 13.3. The van der Waals surface area contributed by atoms with E-state index in [4.69, 9.17) is 10.7 Å². The van der Waals surface area contributed by atoms with Crippen LogP contribution < -0.4 is 21.7 Å². The van der Waals surface area contributed by atoms with Crippen LogP contribution in [0.3, 0.4) is 0 Å². The fraction of sp³-hybridized carbons (Fsp3) is 0.415. The number of hydrogen-bond donors (Lipinski definition) is 4. The van der Waals surface area contributed by atoms with E-state index in [1.807, 2.05) is 48.5 Å². The molecule has 2 aromatic rings. The molecule has 1 aliphatic carbocycles. The number of nitrogens with zero attached hydrogens (tertiary/aromatic N) is 4. The summed E-state index contributed by atoms with van der Waals surface area (Å²) in [5, 5.41) is 10.3. The van der Waals surface area contributed by atoms with Gasteiger partial charge in [0.15, 0.2) is 0 Å². The number of amidine groups is 1.